The molecular weight excluding hydrogens is 394 g/mol. The Morgan fingerprint density at radius 2 is 1.75 bits per heavy atom. The zero-order valence-electron chi connectivity index (χ0n) is 19.2. The van der Waals surface area contributed by atoms with Crippen LogP contribution in [0, 0.1) is 6.92 Å². The van der Waals surface area contributed by atoms with E-state index < -0.39 is 0 Å². The van der Waals surface area contributed by atoms with Crippen molar-refractivity contribution >= 4 is 33.7 Å². The Bertz CT molecular complexity index is 1320. The van der Waals surface area contributed by atoms with Gasteiger partial charge in [0.15, 0.2) is 0 Å². The van der Waals surface area contributed by atoms with E-state index >= 15 is 0 Å². The predicted octanol–water partition coefficient (Wildman–Crippen LogP) is 8.01. The highest BCUT2D eigenvalue weighted by Gasteiger charge is 2.14. The van der Waals surface area contributed by atoms with Crippen LogP contribution in [0.2, 0.25) is 0 Å². The lowest BCUT2D eigenvalue weighted by Crippen LogP contribution is -1.95. The first-order chi connectivity index (χ1) is 15.6. The summed E-state index contributed by atoms with van der Waals surface area (Å²) < 4.78 is 6.43. The first-order valence-electron chi connectivity index (χ1n) is 11.1. The van der Waals surface area contributed by atoms with Gasteiger partial charge in [0, 0.05) is 16.3 Å². The van der Waals surface area contributed by atoms with Crippen LogP contribution in [-0.4, -0.2) is 6.21 Å². The Balaban J connectivity index is 1.80. The molecule has 1 aromatic heterocycles. The SMILES string of the molecule is C/C=C(/C)O/N=C/C(=C\Cc1c(CC)ccc2c1oc1c(C)cccc12)c1ccccc1. The van der Waals surface area contributed by atoms with Crippen molar-refractivity contribution in [3.05, 3.63) is 101 Å². The van der Waals surface area contributed by atoms with Gasteiger partial charge in [0.1, 0.15) is 16.9 Å². The van der Waals surface area contributed by atoms with E-state index in [0.29, 0.717) is 0 Å². The highest BCUT2D eigenvalue weighted by Crippen LogP contribution is 2.35. The highest BCUT2D eigenvalue weighted by atomic mass is 16.6. The molecule has 3 heteroatoms. The lowest BCUT2D eigenvalue weighted by Gasteiger charge is -2.08. The molecule has 0 atom stereocenters. The molecule has 4 aromatic rings. The monoisotopic (exact) mass is 423 g/mol. The third-order valence-electron chi connectivity index (χ3n) is 5.87. The number of fused-ring (bicyclic) bond motifs is 3. The van der Waals surface area contributed by atoms with Gasteiger partial charge in [0.2, 0.25) is 0 Å². The molecular formula is C29H29NO2. The molecule has 0 spiro atoms. The fraction of sp³-hybridized carbons (Fsp3) is 0.207. The fourth-order valence-electron chi connectivity index (χ4n) is 3.96. The van der Waals surface area contributed by atoms with Gasteiger partial charge in [0.25, 0.3) is 0 Å². The summed E-state index contributed by atoms with van der Waals surface area (Å²) in [5.74, 6) is 0.768. The number of hydrogen-bond donors (Lipinski definition) is 0. The summed E-state index contributed by atoms with van der Waals surface area (Å²) in [6.45, 7) is 8.11. The Hall–Kier alpha value is -3.59. The summed E-state index contributed by atoms with van der Waals surface area (Å²) in [5.41, 5.74) is 7.76. The van der Waals surface area contributed by atoms with Gasteiger partial charge < -0.3 is 9.25 Å². The van der Waals surface area contributed by atoms with E-state index in [1.165, 1.54) is 21.9 Å². The number of oxime groups is 1. The molecule has 0 radical (unpaired) electrons. The minimum absolute atomic E-state index is 0.748. The molecule has 0 saturated heterocycles. The molecule has 0 unspecified atom stereocenters. The van der Waals surface area contributed by atoms with Gasteiger partial charge in [-0.3, -0.25) is 0 Å². The maximum absolute atomic E-state index is 6.43. The quantitative estimate of drug-likeness (QED) is 0.171. The Morgan fingerprint density at radius 3 is 2.50 bits per heavy atom. The maximum Gasteiger partial charge on any atom is 0.139 e. The van der Waals surface area contributed by atoms with Crippen LogP contribution in [0.5, 0.6) is 0 Å². The van der Waals surface area contributed by atoms with Gasteiger partial charge in [-0.15, -0.1) is 0 Å². The summed E-state index contributed by atoms with van der Waals surface area (Å²) >= 11 is 0. The molecule has 1 heterocycles. The van der Waals surface area contributed by atoms with Gasteiger partial charge in [-0.05, 0) is 62.0 Å². The molecule has 4 rings (SSSR count). The summed E-state index contributed by atoms with van der Waals surface area (Å²) in [6.07, 6.45) is 7.59. The first kappa shape index (κ1) is 21.6. The van der Waals surface area contributed by atoms with Crippen LogP contribution in [-0.2, 0) is 17.7 Å². The second-order valence-corrected chi connectivity index (χ2v) is 7.94. The van der Waals surface area contributed by atoms with Crippen molar-refractivity contribution in [2.75, 3.05) is 0 Å². The van der Waals surface area contributed by atoms with Gasteiger partial charge in [-0.2, -0.15) is 0 Å². The van der Waals surface area contributed by atoms with Crippen LogP contribution < -0.4 is 0 Å². The van der Waals surface area contributed by atoms with Gasteiger partial charge in [-0.1, -0.05) is 78.8 Å². The minimum atomic E-state index is 0.748. The second-order valence-electron chi connectivity index (χ2n) is 7.94. The van der Waals surface area contributed by atoms with Crippen molar-refractivity contribution in [3.63, 3.8) is 0 Å². The number of rotatable bonds is 7. The Morgan fingerprint density at radius 1 is 0.969 bits per heavy atom. The van der Waals surface area contributed by atoms with Crippen molar-refractivity contribution in [2.24, 2.45) is 5.16 Å². The maximum atomic E-state index is 6.43. The predicted molar refractivity (Wildman–Crippen MR) is 135 cm³/mol. The van der Waals surface area contributed by atoms with Gasteiger partial charge in [-0.25, -0.2) is 0 Å². The number of furan rings is 1. The number of allylic oxidation sites excluding steroid dienone is 4. The average Bonchev–Trinajstić information content (AvgIpc) is 3.21. The van der Waals surface area contributed by atoms with E-state index in [4.69, 9.17) is 9.25 Å². The lowest BCUT2D eigenvalue weighted by molar-refractivity contribution is 0.231. The van der Waals surface area contributed by atoms with E-state index in [9.17, 15) is 0 Å². The number of benzene rings is 3. The van der Waals surface area contributed by atoms with Crippen molar-refractivity contribution in [1.82, 2.24) is 0 Å². The molecule has 0 saturated carbocycles. The number of aryl methyl sites for hydroxylation is 2. The average molecular weight is 424 g/mol. The third kappa shape index (κ3) is 4.38. The van der Waals surface area contributed by atoms with Crippen LogP contribution >= 0.6 is 0 Å². The summed E-state index contributed by atoms with van der Waals surface area (Å²) in [5, 5.41) is 6.54. The lowest BCUT2D eigenvalue weighted by atomic mass is 9.96. The molecule has 0 aliphatic rings. The molecule has 3 aromatic carbocycles. The Kier molecular flexibility index (Phi) is 6.55. The minimum Gasteiger partial charge on any atom is -0.455 e. The molecule has 162 valence electrons. The third-order valence-corrected chi connectivity index (χ3v) is 5.87. The number of para-hydroxylation sites is 1. The molecule has 3 nitrogen and oxygen atoms in total. The molecule has 0 fully saturated rings. The largest absolute Gasteiger partial charge is 0.455 e. The van der Waals surface area contributed by atoms with Crippen LogP contribution in [0.1, 0.15) is 43.0 Å². The van der Waals surface area contributed by atoms with E-state index in [1.54, 1.807) is 6.21 Å². The first-order valence-corrected chi connectivity index (χ1v) is 11.1. The van der Waals surface area contributed by atoms with Crippen LogP contribution in [0.4, 0.5) is 0 Å². The zero-order chi connectivity index (χ0) is 22.5. The Labute approximate surface area is 189 Å². The molecule has 0 aliphatic carbocycles. The normalized spacial score (nSPS) is 12.9. The van der Waals surface area contributed by atoms with E-state index in [0.717, 1.165) is 46.5 Å². The van der Waals surface area contributed by atoms with Crippen molar-refractivity contribution < 1.29 is 9.25 Å². The fourth-order valence-corrected chi connectivity index (χ4v) is 3.96. The van der Waals surface area contributed by atoms with Crippen molar-refractivity contribution in [2.45, 2.75) is 40.5 Å². The van der Waals surface area contributed by atoms with Crippen LogP contribution in [0.25, 0.3) is 27.5 Å². The van der Waals surface area contributed by atoms with Gasteiger partial charge in [0.05, 0.1) is 6.21 Å². The van der Waals surface area contributed by atoms with Crippen molar-refractivity contribution in [3.8, 4) is 0 Å². The summed E-state index contributed by atoms with van der Waals surface area (Å²) in [6, 6.07) is 21.0. The second kappa shape index (κ2) is 9.69. The van der Waals surface area contributed by atoms with Crippen LogP contribution in [0.3, 0.4) is 0 Å². The van der Waals surface area contributed by atoms with Crippen LogP contribution in [0.15, 0.2) is 88.1 Å². The zero-order valence-corrected chi connectivity index (χ0v) is 19.2. The van der Waals surface area contributed by atoms with E-state index in [2.05, 4.69) is 67.5 Å². The number of nitrogens with zero attached hydrogens (tertiary/aromatic N) is 1. The molecule has 0 N–H and O–H groups in total. The summed E-state index contributed by atoms with van der Waals surface area (Å²) in [4.78, 5) is 5.43. The van der Waals surface area contributed by atoms with Gasteiger partial charge >= 0.3 is 0 Å². The molecule has 0 aliphatic heterocycles. The molecule has 32 heavy (non-hydrogen) atoms. The van der Waals surface area contributed by atoms with E-state index in [-0.39, 0.29) is 0 Å². The topological polar surface area (TPSA) is 34.7 Å². The number of hydrogen-bond acceptors (Lipinski definition) is 3. The van der Waals surface area contributed by atoms with E-state index in [1.807, 2.05) is 38.1 Å². The molecule has 0 amide bonds. The highest BCUT2D eigenvalue weighted by molar-refractivity contribution is 6.10. The molecule has 0 bridgehead atoms. The van der Waals surface area contributed by atoms with Crippen molar-refractivity contribution in [1.29, 1.82) is 0 Å². The standard InChI is InChI=1S/C29H29NO2/c1-5-21(4)32-30-19-24(23-12-8-7-9-13-23)16-17-25-22(6-2)15-18-27-26-14-10-11-20(3)28(26)31-29(25)27/h5,7-16,18-19H,6,17H2,1-4H3/b21-5-,24-16+,30-19+. The smallest absolute Gasteiger partial charge is 0.139 e. The summed E-state index contributed by atoms with van der Waals surface area (Å²) in [7, 11) is 0.